The van der Waals surface area contributed by atoms with Crippen LogP contribution in [0.5, 0.6) is 11.5 Å². The number of carbonyl (C=O) groups excluding carboxylic acids is 1. The molecule has 2 N–H and O–H groups in total. The Kier molecular flexibility index (Phi) is 4.85. The SMILES string of the molecule is COc1cc(C)c(C(=O)Nc2ccc(C(=O)O)cc2)cc1OC. The van der Waals surface area contributed by atoms with E-state index in [2.05, 4.69) is 5.32 Å². The maximum Gasteiger partial charge on any atom is 0.335 e. The fourth-order valence-corrected chi connectivity index (χ4v) is 2.12. The second-order valence-corrected chi connectivity index (χ2v) is 4.86. The van der Waals surface area contributed by atoms with Gasteiger partial charge in [-0.3, -0.25) is 4.79 Å². The maximum atomic E-state index is 12.4. The minimum Gasteiger partial charge on any atom is -0.493 e. The Hall–Kier alpha value is -3.02. The Balaban J connectivity index is 2.25. The number of hydrogen-bond donors (Lipinski definition) is 2. The van der Waals surface area contributed by atoms with E-state index in [1.807, 2.05) is 0 Å². The van der Waals surface area contributed by atoms with E-state index in [1.165, 1.54) is 38.5 Å². The maximum absolute atomic E-state index is 12.4. The summed E-state index contributed by atoms with van der Waals surface area (Å²) in [7, 11) is 3.03. The lowest BCUT2D eigenvalue weighted by Crippen LogP contribution is -2.14. The largest absolute Gasteiger partial charge is 0.493 e. The molecule has 1 amide bonds. The summed E-state index contributed by atoms with van der Waals surface area (Å²) in [6.07, 6.45) is 0. The van der Waals surface area contributed by atoms with Gasteiger partial charge in [-0.2, -0.15) is 0 Å². The van der Waals surface area contributed by atoms with Gasteiger partial charge in [0.15, 0.2) is 11.5 Å². The van der Waals surface area contributed by atoms with Crippen LogP contribution in [0.1, 0.15) is 26.3 Å². The fraction of sp³-hybridized carbons (Fsp3) is 0.176. The molecule has 0 heterocycles. The molecule has 0 aliphatic rings. The number of methoxy groups -OCH3 is 2. The number of carboxylic acid groups (broad SMARTS) is 1. The molecule has 2 rings (SSSR count). The first-order valence-corrected chi connectivity index (χ1v) is 6.83. The minimum absolute atomic E-state index is 0.158. The van der Waals surface area contributed by atoms with Gasteiger partial charge in [-0.1, -0.05) is 0 Å². The van der Waals surface area contributed by atoms with Crippen LogP contribution < -0.4 is 14.8 Å². The standard InChI is InChI=1S/C17H17NO5/c1-10-8-14(22-2)15(23-3)9-13(10)16(19)18-12-6-4-11(5-7-12)17(20)21/h4-9H,1-3H3,(H,18,19)(H,20,21). The zero-order valence-electron chi connectivity index (χ0n) is 13.0. The van der Waals surface area contributed by atoms with Gasteiger partial charge in [0.25, 0.3) is 5.91 Å². The highest BCUT2D eigenvalue weighted by atomic mass is 16.5. The number of carbonyl (C=O) groups is 2. The van der Waals surface area contributed by atoms with Crippen molar-refractivity contribution >= 4 is 17.6 Å². The van der Waals surface area contributed by atoms with Crippen molar-refractivity contribution in [2.75, 3.05) is 19.5 Å². The van der Waals surface area contributed by atoms with Crippen LogP contribution in [-0.2, 0) is 0 Å². The minimum atomic E-state index is -1.02. The molecule has 120 valence electrons. The first kappa shape index (κ1) is 16.4. The first-order chi connectivity index (χ1) is 11.0. The van der Waals surface area contributed by atoms with E-state index < -0.39 is 5.97 Å². The average Bonchev–Trinajstić information content (AvgIpc) is 2.54. The quantitative estimate of drug-likeness (QED) is 0.886. The smallest absolute Gasteiger partial charge is 0.335 e. The first-order valence-electron chi connectivity index (χ1n) is 6.83. The van der Waals surface area contributed by atoms with Gasteiger partial charge in [0.2, 0.25) is 0 Å². The number of aromatic carboxylic acids is 1. The number of hydrogen-bond acceptors (Lipinski definition) is 4. The van der Waals surface area contributed by atoms with Crippen molar-refractivity contribution in [1.29, 1.82) is 0 Å². The molecule has 0 aliphatic heterocycles. The number of nitrogens with one attached hydrogen (secondary N) is 1. The molecule has 2 aromatic rings. The molecule has 6 heteroatoms. The fourth-order valence-electron chi connectivity index (χ4n) is 2.12. The van der Waals surface area contributed by atoms with Crippen LogP contribution in [-0.4, -0.2) is 31.2 Å². The topological polar surface area (TPSA) is 84.9 Å². The van der Waals surface area contributed by atoms with Crippen LogP contribution in [0.15, 0.2) is 36.4 Å². The van der Waals surface area contributed by atoms with E-state index in [0.29, 0.717) is 22.7 Å². The van der Waals surface area contributed by atoms with Gasteiger partial charge in [0.1, 0.15) is 0 Å². The summed E-state index contributed by atoms with van der Waals surface area (Å²) >= 11 is 0. The molecular formula is C17H17NO5. The van der Waals surface area contributed by atoms with E-state index >= 15 is 0 Å². The van der Waals surface area contributed by atoms with Crippen LogP contribution in [0.3, 0.4) is 0 Å². The molecule has 0 aromatic heterocycles. The number of aryl methyl sites for hydroxylation is 1. The van der Waals surface area contributed by atoms with Gasteiger partial charge in [-0.05, 0) is 48.9 Å². The van der Waals surface area contributed by atoms with Crippen LogP contribution in [0.4, 0.5) is 5.69 Å². The zero-order valence-corrected chi connectivity index (χ0v) is 13.0. The predicted octanol–water partition coefficient (Wildman–Crippen LogP) is 2.96. The van der Waals surface area contributed by atoms with E-state index in [1.54, 1.807) is 19.1 Å². The Labute approximate surface area is 133 Å². The Morgan fingerprint density at radius 3 is 2.09 bits per heavy atom. The zero-order chi connectivity index (χ0) is 17.0. The van der Waals surface area contributed by atoms with Crippen LogP contribution in [0.25, 0.3) is 0 Å². The highest BCUT2D eigenvalue weighted by Gasteiger charge is 2.15. The van der Waals surface area contributed by atoms with E-state index in [9.17, 15) is 9.59 Å². The molecule has 0 bridgehead atoms. The summed E-state index contributed by atoms with van der Waals surface area (Å²) in [4.78, 5) is 23.2. The molecule has 0 saturated carbocycles. The number of ether oxygens (including phenoxy) is 2. The lowest BCUT2D eigenvalue weighted by Gasteiger charge is -2.13. The number of benzene rings is 2. The van der Waals surface area contributed by atoms with Crippen molar-refractivity contribution < 1.29 is 24.2 Å². The third kappa shape index (κ3) is 3.60. The molecule has 0 aliphatic carbocycles. The average molecular weight is 315 g/mol. The molecule has 0 spiro atoms. The monoisotopic (exact) mass is 315 g/mol. The van der Waals surface area contributed by atoms with Crippen LogP contribution >= 0.6 is 0 Å². The van der Waals surface area contributed by atoms with Gasteiger partial charge >= 0.3 is 5.97 Å². The lowest BCUT2D eigenvalue weighted by molar-refractivity contribution is 0.0696. The van der Waals surface area contributed by atoms with Gasteiger partial charge in [0.05, 0.1) is 19.8 Å². The number of rotatable bonds is 5. The van der Waals surface area contributed by atoms with Gasteiger partial charge in [-0.15, -0.1) is 0 Å². The molecule has 2 aromatic carbocycles. The summed E-state index contributed by atoms with van der Waals surface area (Å²) in [5, 5.41) is 11.6. The van der Waals surface area contributed by atoms with E-state index in [0.717, 1.165) is 5.56 Å². The van der Waals surface area contributed by atoms with Gasteiger partial charge < -0.3 is 19.9 Å². The Bertz CT molecular complexity index is 737. The van der Waals surface area contributed by atoms with Crippen molar-refractivity contribution in [3.8, 4) is 11.5 Å². The summed E-state index contributed by atoms with van der Waals surface area (Å²) in [6, 6.07) is 9.27. The van der Waals surface area contributed by atoms with Gasteiger partial charge in [-0.25, -0.2) is 4.79 Å². The van der Waals surface area contributed by atoms with Crippen molar-refractivity contribution in [3.63, 3.8) is 0 Å². The highest BCUT2D eigenvalue weighted by Crippen LogP contribution is 2.30. The van der Waals surface area contributed by atoms with Crippen LogP contribution in [0, 0.1) is 6.92 Å². The predicted molar refractivity (Wildman–Crippen MR) is 85.6 cm³/mol. The molecule has 0 fully saturated rings. The number of carboxylic acids is 1. The summed E-state index contributed by atoms with van der Waals surface area (Å²) < 4.78 is 10.4. The third-order valence-electron chi connectivity index (χ3n) is 3.36. The molecule has 0 radical (unpaired) electrons. The van der Waals surface area contributed by atoms with Crippen molar-refractivity contribution in [2.24, 2.45) is 0 Å². The molecule has 23 heavy (non-hydrogen) atoms. The molecule has 0 saturated heterocycles. The summed E-state index contributed by atoms with van der Waals surface area (Å²) in [5.41, 5.74) is 1.85. The molecule has 6 nitrogen and oxygen atoms in total. The second-order valence-electron chi connectivity index (χ2n) is 4.86. The van der Waals surface area contributed by atoms with Crippen molar-refractivity contribution in [2.45, 2.75) is 6.92 Å². The van der Waals surface area contributed by atoms with Crippen molar-refractivity contribution in [1.82, 2.24) is 0 Å². The van der Waals surface area contributed by atoms with Crippen molar-refractivity contribution in [3.05, 3.63) is 53.1 Å². The molecule has 0 atom stereocenters. The Morgan fingerprint density at radius 1 is 1.00 bits per heavy atom. The van der Waals surface area contributed by atoms with Gasteiger partial charge in [0, 0.05) is 11.3 Å². The van der Waals surface area contributed by atoms with Crippen LogP contribution in [0.2, 0.25) is 0 Å². The summed E-state index contributed by atoms with van der Waals surface area (Å²) in [5.74, 6) is -0.318. The van der Waals surface area contributed by atoms with E-state index in [-0.39, 0.29) is 11.5 Å². The number of anilines is 1. The third-order valence-corrected chi connectivity index (χ3v) is 3.36. The molecular weight excluding hydrogens is 298 g/mol. The number of amides is 1. The highest BCUT2D eigenvalue weighted by molar-refractivity contribution is 6.06. The summed E-state index contributed by atoms with van der Waals surface area (Å²) in [6.45, 7) is 1.80. The normalized spacial score (nSPS) is 10.0. The van der Waals surface area contributed by atoms with E-state index in [4.69, 9.17) is 14.6 Å². The Morgan fingerprint density at radius 2 is 1.57 bits per heavy atom. The second kappa shape index (κ2) is 6.83. The lowest BCUT2D eigenvalue weighted by atomic mass is 10.1. The molecule has 0 unspecified atom stereocenters.